The molecule has 3 N–H and O–H groups in total. The summed E-state index contributed by atoms with van der Waals surface area (Å²) in [6, 6.07) is 6.80. The summed E-state index contributed by atoms with van der Waals surface area (Å²) in [6.07, 6.45) is 0.171. The first-order valence-electron chi connectivity index (χ1n) is 8.81. The summed E-state index contributed by atoms with van der Waals surface area (Å²) >= 11 is 0. The first kappa shape index (κ1) is 19.4. The highest BCUT2D eigenvalue weighted by molar-refractivity contribution is 5.98. The van der Waals surface area contributed by atoms with E-state index in [-0.39, 0.29) is 30.9 Å². The van der Waals surface area contributed by atoms with E-state index in [0.29, 0.717) is 29.7 Å². The number of benzene rings is 1. The highest BCUT2D eigenvalue weighted by Gasteiger charge is 2.39. The lowest BCUT2D eigenvalue weighted by atomic mass is 10.1. The van der Waals surface area contributed by atoms with Crippen molar-refractivity contribution in [3.63, 3.8) is 0 Å². The number of carbonyl (C=O) groups is 2. The number of anilines is 1. The highest BCUT2D eigenvalue weighted by Crippen LogP contribution is 2.38. The third-order valence-electron chi connectivity index (χ3n) is 4.10. The second-order valence-electron chi connectivity index (χ2n) is 7.18. The van der Waals surface area contributed by atoms with Crippen molar-refractivity contribution in [1.82, 2.24) is 5.32 Å². The van der Waals surface area contributed by atoms with Crippen molar-refractivity contribution in [3.05, 3.63) is 29.8 Å². The lowest BCUT2D eigenvalue weighted by Gasteiger charge is -2.14. The molecular weight excluding hydrogens is 320 g/mol. The average Bonchev–Trinajstić information content (AvgIpc) is 3.29. The molecule has 2 amide bonds. The molecule has 25 heavy (non-hydrogen) atoms. The molecule has 1 aliphatic carbocycles. The van der Waals surface area contributed by atoms with Crippen molar-refractivity contribution in [2.24, 2.45) is 17.8 Å². The molecule has 1 fully saturated rings. The third kappa shape index (κ3) is 6.48. The summed E-state index contributed by atoms with van der Waals surface area (Å²) in [5.41, 5.74) is 1.05. The van der Waals surface area contributed by atoms with Gasteiger partial charge in [0.05, 0.1) is 12.7 Å². The van der Waals surface area contributed by atoms with Crippen molar-refractivity contribution < 1.29 is 19.4 Å². The van der Waals surface area contributed by atoms with Crippen LogP contribution in [0.15, 0.2) is 24.3 Å². The van der Waals surface area contributed by atoms with E-state index < -0.39 is 6.10 Å². The van der Waals surface area contributed by atoms with E-state index in [1.54, 1.807) is 24.3 Å². The van der Waals surface area contributed by atoms with Crippen LogP contribution in [0.5, 0.6) is 0 Å². The third-order valence-corrected chi connectivity index (χ3v) is 4.10. The van der Waals surface area contributed by atoms with E-state index in [0.717, 1.165) is 6.42 Å². The zero-order valence-electron chi connectivity index (χ0n) is 15.1. The minimum absolute atomic E-state index is 0.00258. The molecular formula is C19H28N2O4. The smallest absolute Gasteiger partial charge is 0.251 e. The van der Waals surface area contributed by atoms with Crippen LogP contribution in [0.4, 0.5) is 5.69 Å². The Labute approximate surface area is 149 Å². The maximum Gasteiger partial charge on any atom is 0.251 e. The van der Waals surface area contributed by atoms with Gasteiger partial charge in [0.15, 0.2) is 0 Å². The van der Waals surface area contributed by atoms with E-state index >= 15 is 0 Å². The van der Waals surface area contributed by atoms with Gasteiger partial charge in [-0.1, -0.05) is 26.8 Å². The van der Waals surface area contributed by atoms with Crippen LogP contribution < -0.4 is 10.6 Å². The van der Waals surface area contributed by atoms with Gasteiger partial charge < -0.3 is 20.5 Å². The summed E-state index contributed by atoms with van der Waals surface area (Å²) in [5, 5.41) is 15.3. The topological polar surface area (TPSA) is 87.7 Å². The van der Waals surface area contributed by atoms with Crippen LogP contribution in [-0.2, 0) is 9.53 Å². The Kier molecular flexibility index (Phi) is 6.96. The maximum atomic E-state index is 12.2. The standard InChI is InChI=1S/C19H28N2O4/c1-12(2)10-25-11-16(22)9-20-18(23)14-5-4-6-15(8-14)21-19(24)17-7-13(17)3/h4-6,8,12-13,16-17,22H,7,9-11H2,1-3H3,(H,20,23)(H,21,24)/t13-,16+,17-/m0/s1. The lowest BCUT2D eigenvalue weighted by molar-refractivity contribution is -0.117. The minimum Gasteiger partial charge on any atom is -0.389 e. The monoisotopic (exact) mass is 348 g/mol. The van der Waals surface area contributed by atoms with Crippen molar-refractivity contribution in [2.75, 3.05) is 25.1 Å². The van der Waals surface area contributed by atoms with Crippen molar-refractivity contribution in [1.29, 1.82) is 0 Å². The van der Waals surface area contributed by atoms with Crippen LogP contribution in [-0.4, -0.2) is 42.8 Å². The number of rotatable bonds is 9. The van der Waals surface area contributed by atoms with E-state index in [1.165, 1.54) is 0 Å². The van der Waals surface area contributed by atoms with Gasteiger partial charge in [-0.25, -0.2) is 0 Å². The highest BCUT2D eigenvalue weighted by atomic mass is 16.5. The number of amides is 2. The molecule has 6 heteroatoms. The molecule has 3 atom stereocenters. The van der Waals surface area contributed by atoms with Crippen LogP contribution >= 0.6 is 0 Å². The van der Waals surface area contributed by atoms with Crippen LogP contribution in [0.25, 0.3) is 0 Å². The summed E-state index contributed by atoms with van der Waals surface area (Å²) in [5.74, 6) is 0.629. The van der Waals surface area contributed by atoms with Crippen LogP contribution in [0.3, 0.4) is 0 Å². The van der Waals surface area contributed by atoms with Gasteiger partial charge in [0, 0.05) is 30.3 Å². The zero-order chi connectivity index (χ0) is 18.4. The zero-order valence-corrected chi connectivity index (χ0v) is 15.1. The fourth-order valence-corrected chi connectivity index (χ4v) is 2.47. The van der Waals surface area contributed by atoms with Gasteiger partial charge in [-0.2, -0.15) is 0 Å². The van der Waals surface area contributed by atoms with Gasteiger partial charge in [0.1, 0.15) is 0 Å². The van der Waals surface area contributed by atoms with Crippen LogP contribution in [0.2, 0.25) is 0 Å². The number of aliphatic hydroxyl groups excluding tert-OH is 1. The number of hydrogen-bond acceptors (Lipinski definition) is 4. The van der Waals surface area contributed by atoms with E-state index in [2.05, 4.69) is 10.6 Å². The van der Waals surface area contributed by atoms with Gasteiger partial charge in [-0.05, 0) is 36.5 Å². The number of ether oxygens (including phenoxy) is 1. The Balaban J connectivity index is 1.79. The molecule has 0 heterocycles. The maximum absolute atomic E-state index is 12.2. The molecule has 1 aliphatic rings. The first-order chi connectivity index (χ1) is 11.9. The number of aliphatic hydroxyl groups is 1. The Morgan fingerprint density at radius 2 is 2.04 bits per heavy atom. The predicted molar refractivity (Wildman–Crippen MR) is 96.3 cm³/mol. The SMILES string of the molecule is CC(C)COC[C@H](O)CNC(=O)c1cccc(NC(=O)[C@H]2C[C@@H]2C)c1. The molecule has 1 aromatic rings. The fraction of sp³-hybridized carbons (Fsp3) is 0.579. The second kappa shape index (κ2) is 8.97. The van der Waals surface area contributed by atoms with Gasteiger partial charge in [-0.15, -0.1) is 0 Å². The molecule has 1 saturated carbocycles. The Hall–Kier alpha value is -1.92. The van der Waals surface area contributed by atoms with Gasteiger partial charge in [0.25, 0.3) is 5.91 Å². The van der Waals surface area contributed by atoms with Crippen molar-refractivity contribution in [2.45, 2.75) is 33.3 Å². The molecule has 0 aliphatic heterocycles. The molecule has 0 saturated heterocycles. The van der Waals surface area contributed by atoms with Crippen molar-refractivity contribution in [3.8, 4) is 0 Å². The number of hydrogen-bond donors (Lipinski definition) is 3. The quantitative estimate of drug-likeness (QED) is 0.637. The average molecular weight is 348 g/mol. The van der Waals surface area contributed by atoms with Gasteiger partial charge >= 0.3 is 0 Å². The van der Waals surface area contributed by atoms with Gasteiger partial charge in [-0.3, -0.25) is 9.59 Å². The molecule has 0 bridgehead atoms. The van der Waals surface area contributed by atoms with Crippen LogP contribution in [0, 0.1) is 17.8 Å². The summed E-state index contributed by atoms with van der Waals surface area (Å²) in [6.45, 7) is 6.99. The van der Waals surface area contributed by atoms with Gasteiger partial charge in [0.2, 0.25) is 5.91 Å². The van der Waals surface area contributed by atoms with Crippen LogP contribution in [0.1, 0.15) is 37.6 Å². The van der Waals surface area contributed by atoms with E-state index in [9.17, 15) is 14.7 Å². The molecule has 138 valence electrons. The summed E-state index contributed by atoms with van der Waals surface area (Å²) in [7, 11) is 0. The predicted octanol–water partition coefficient (Wildman–Crippen LogP) is 2.04. The van der Waals surface area contributed by atoms with E-state index in [4.69, 9.17) is 4.74 Å². The molecule has 0 aromatic heterocycles. The lowest BCUT2D eigenvalue weighted by Crippen LogP contribution is -2.34. The number of nitrogens with one attached hydrogen (secondary N) is 2. The second-order valence-corrected chi connectivity index (χ2v) is 7.18. The summed E-state index contributed by atoms with van der Waals surface area (Å²) in [4.78, 5) is 24.2. The van der Waals surface area contributed by atoms with Crippen molar-refractivity contribution >= 4 is 17.5 Å². The molecule has 0 unspecified atom stereocenters. The minimum atomic E-state index is -0.748. The summed E-state index contributed by atoms with van der Waals surface area (Å²) < 4.78 is 5.35. The number of carbonyl (C=O) groups excluding carboxylic acids is 2. The first-order valence-corrected chi connectivity index (χ1v) is 8.81. The molecule has 0 radical (unpaired) electrons. The Bertz CT molecular complexity index is 603. The molecule has 6 nitrogen and oxygen atoms in total. The fourth-order valence-electron chi connectivity index (χ4n) is 2.47. The largest absolute Gasteiger partial charge is 0.389 e. The molecule has 2 rings (SSSR count). The Morgan fingerprint density at radius 3 is 2.68 bits per heavy atom. The molecule has 1 aromatic carbocycles. The van der Waals surface area contributed by atoms with E-state index in [1.807, 2.05) is 20.8 Å². The Morgan fingerprint density at radius 1 is 1.32 bits per heavy atom. The normalized spacial score (nSPS) is 20.2. The molecule has 0 spiro atoms.